The molecule has 5 heteroatoms. The average Bonchev–Trinajstić information content (AvgIpc) is 3.73. The molecule has 0 amide bonds. The number of para-hydroxylation sites is 3. The first kappa shape index (κ1) is 28.2. The van der Waals surface area contributed by atoms with Gasteiger partial charge in [0.25, 0.3) is 0 Å². The summed E-state index contributed by atoms with van der Waals surface area (Å²) in [5.74, 6) is 1.84. The molecule has 234 valence electrons. The third-order valence-electron chi connectivity index (χ3n) is 9.47. The molecule has 0 fully saturated rings. The summed E-state index contributed by atoms with van der Waals surface area (Å²) in [6.45, 7) is 0. The fourth-order valence-electron chi connectivity index (χ4n) is 7.04. The van der Waals surface area contributed by atoms with Crippen LogP contribution in [0, 0.1) is 0 Å². The van der Waals surface area contributed by atoms with Gasteiger partial charge in [0.2, 0.25) is 0 Å². The highest BCUT2D eigenvalue weighted by Crippen LogP contribution is 2.36. The van der Waals surface area contributed by atoms with E-state index >= 15 is 0 Å². The summed E-state index contributed by atoms with van der Waals surface area (Å²) in [6, 6.07) is 58.7. The largest absolute Gasteiger partial charge is 0.456 e. The van der Waals surface area contributed by atoms with E-state index in [1.165, 1.54) is 10.9 Å². The van der Waals surface area contributed by atoms with E-state index in [1.807, 2.05) is 42.5 Å². The maximum atomic E-state index is 6.13. The minimum atomic E-state index is 0.608. The molecule has 50 heavy (non-hydrogen) atoms. The number of furan rings is 1. The zero-order valence-corrected chi connectivity index (χ0v) is 26.9. The standard InChI is InChI=1S/C45H28N4O/c1-3-11-29(12-4-1)30-19-21-31(22-20-30)43-46-44(48-45(47-43)33-24-26-42-38(28-33)36-16-8-10-18-41(36)50-42)32-23-25-40-37(27-32)35-15-7-9-17-39(35)49(40)34-13-5-2-6-14-34/h1-28H. The number of nitrogens with zero attached hydrogens (tertiary/aromatic N) is 4. The third kappa shape index (κ3) is 4.67. The zero-order valence-electron chi connectivity index (χ0n) is 26.9. The Bertz CT molecular complexity index is 2850. The maximum absolute atomic E-state index is 6.13. The topological polar surface area (TPSA) is 56.7 Å². The van der Waals surface area contributed by atoms with E-state index in [9.17, 15) is 0 Å². The Balaban J connectivity index is 1.16. The number of rotatable bonds is 5. The van der Waals surface area contributed by atoms with Crippen LogP contribution in [0.25, 0.3) is 94.7 Å². The molecule has 0 unspecified atom stereocenters. The van der Waals surface area contributed by atoms with E-state index in [0.29, 0.717) is 17.5 Å². The highest BCUT2D eigenvalue weighted by atomic mass is 16.3. The van der Waals surface area contributed by atoms with Gasteiger partial charge in [-0.25, -0.2) is 15.0 Å². The van der Waals surface area contributed by atoms with Crippen LogP contribution in [0.4, 0.5) is 0 Å². The number of fused-ring (bicyclic) bond motifs is 6. The van der Waals surface area contributed by atoms with Crippen LogP contribution < -0.4 is 0 Å². The van der Waals surface area contributed by atoms with Crippen molar-refractivity contribution in [2.24, 2.45) is 0 Å². The second-order valence-corrected chi connectivity index (χ2v) is 12.5. The van der Waals surface area contributed by atoms with Gasteiger partial charge < -0.3 is 8.98 Å². The molecule has 0 aliphatic rings. The number of benzene rings is 7. The third-order valence-corrected chi connectivity index (χ3v) is 9.47. The van der Waals surface area contributed by atoms with E-state index in [0.717, 1.165) is 66.3 Å². The van der Waals surface area contributed by atoms with Crippen LogP contribution in [-0.4, -0.2) is 19.5 Å². The molecule has 0 atom stereocenters. The molecule has 0 aliphatic heterocycles. The number of hydrogen-bond acceptors (Lipinski definition) is 4. The first-order chi connectivity index (χ1) is 24.8. The molecule has 0 saturated carbocycles. The van der Waals surface area contributed by atoms with E-state index in [4.69, 9.17) is 19.4 Å². The Morgan fingerprint density at radius 2 is 0.840 bits per heavy atom. The van der Waals surface area contributed by atoms with Crippen LogP contribution in [0.2, 0.25) is 0 Å². The Labute approximate surface area is 287 Å². The van der Waals surface area contributed by atoms with Crippen molar-refractivity contribution in [3.63, 3.8) is 0 Å². The second-order valence-electron chi connectivity index (χ2n) is 12.5. The van der Waals surface area contributed by atoms with Crippen molar-refractivity contribution in [3.05, 3.63) is 170 Å². The lowest BCUT2D eigenvalue weighted by molar-refractivity contribution is 0.669. The first-order valence-corrected chi connectivity index (χ1v) is 16.7. The smallest absolute Gasteiger partial charge is 0.164 e. The lowest BCUT2D eigenvalue weighted by Gasteiger charge is -2.10. The van der Waals surface area contributed by atoms with Crippen molar-refractivity contribution >= 4 is 43.7 Å². The van der Waals surface area contributed by atoms with E-state index < -0.39 is 0 Å². The Morgan fingerprint density at radius 1 is 0.340 bits per heavy atom. The normalized spacial score (nSPS) is 11.6. The van der Waals surface area contributed by atoms with Crippen molar-refractivity contribution in [2.45, 2.75) is 0 Å². The molecule has 0 saturated heterocycles. The van der Waals surface area contributed by atoms with Crippen LogP contribution in [0.3, 0.4) is 0 Å². The molecule has 5 nitrogen and oxygen atoms in total. The Morgan fingerprint density at radius 3 is 1.60 bits per heavy atom. The minimum absolute atomic E-state index is 0.608. The molecule has 3 heterocycles. The van der Waals surface area contributed by atoms with Gasteiger partial charge in [0.15, 0.2) is 17.5 Å². The lowest BCUT2D eigenvalue weighted by Crippen LogP contribution is -2.00. The van der Waals surface area contributed by atoms with Crippen LogP contribution >= 0.6 is 0 Å². The van der Waals surface area contributed by atoms with Gasteiger partial charge in [0, 0.05) is 43.9 Å². The van der Waals surface area contributed by atoms with E-state index in [1.54, 1.807) is 0 Å². The first-order valence-electron chi connectivity index (χ1n) is 16.7. The molecule has 10 rings (SSSR count). The monoisotopic (exact) mass is 640 g/mol. The van der Waals surface area contributed by atoms with Crippen molar-refractivity contribution in [1.29, 1.82) is 0 Å². The summed E-state index contributed by atoms with van der Waals surface area (Å²) in [4.78, 5) is 15.3. The van der Waals surface area contributed by atoms with Crippen LogP contribution in [0.1, 0.15) is 0 Å². The SMILES string of the molecule is c1ccc(-c2ccc(-c3nc(-c4ccc5oc6ccccc6c5c4)nc(-c4ccc5c(c4)c4ccccc4n5-c4ccccc4)n3)cc2)cc1. The van der Waals surface area contributed by atoms with Crippen molar-refractivity contribution < 1.29 is 4.42 Å². The predicted molar refractivity (Wildman–Crippen MR) is 203 cm³/mol. The Hall–Kier alpha value is -6.85. The fraction of sp³-hybridized carbons (Fsp3) is 0. The van der Waals surface area contributed by atoms with Gasteiger partial charge in [0.1, 0.15) is 11.2 Å². The van der Waals surface area contributed by atoms with Crippen LogP contribution in [0.15, 0.2) is 174 Å². The van der Waals surface area contributed by atoms with Gasteiger partial charge in [-0.1, -0.05) is 109 Å². The molecule has 0 aliphatic carbocycles. The molecule has 0 N–H and O–H groups in total. The molecule has 7 aromatic carbocycles. The lowest BCUT2D eigenvalue weighted by atomic mass is 10.0. The van der Waals surface area contributed by atoms with Gasteiger partial charge in [-0.15, -0.1) is 0 Å². The molecule has 0 radical (unpaired) electrons. The summed E-state index contributed by atoms with van der Waals surface area (Å²) in [5.41, 5.74) is 10.2. The minimum Gasteiger partial charge on any atom is -0.456 e. The van der Waals surface area contributed by atoms with Crippen LogP contribution in [-0.2, 0) is 0 Å². The number of hydrogen-bond donors (Lipinski definition) is 0. The molecule has 3 aromatic heterocycles. The van der Waals surface area contributed by atoms with Gasteiger partial charge in [-0.3, -0.25) is 0 Å². The van der Waals surface area contributed by atoms with Gasteiger partial charge in [-0.05, 0) is 71.8 Å². The molecular weight excluding hydrogens is 613 g/mol. The van der Waals surface area contributed by atoms with E-state index in [-0.39, 0.29) is 0 Å². The van der Waals surface area contributed by atoms with Crippen molar-refractivity contribution in [2.75, 3.05) is 0 Å². The van der Waals surface area contributed by atoms with Crippen molar-refractivity contribution in [1.82, 2.24) is 19.5 Å². The maximum Gasteiger partial charge on any atom is 0.164 e. The molecule has 0 bridgehead atoms. The quantitative estimate of drug-likeness (QED) is 0.188. The molecule has 0 spiro atoms. The van der Waals surface area contributed by atoms with Gasteiger partial charge in [-0.2, -0.15) is 0 Å². The van der Waals surface area contributed by atoms with Gasteiger partial charge in [0.05, 0.1) is 11.0 Å². The van der Waals surface area contributed by atoms with Gasteiger partial charge >= 0.3 is 0 Å². The summed E-state index contributed by atoms with van der Waals surface area (Å²) in [7, 11) is 0. The summed E-state index contributed by atoms with van der Waals surface area (Å²) in [6.07, 6.45) is 0. The summed E-state index contributed by atoms with van der Waals surface area (Å²) < 4.78 is 8.45. The number of aromatic nitrogens is 4. The predicted octanol–water partition coefficient (Wildman–Crippen LogP) is 11.5. The molecular formula is C45H28N4O. The second kappa shape index (κ2) is 11.4. The molecule has 10 aromatic rings. The van der Waals surface area contributed by atoms with Crippen LogP contribution in [0.5, 0.6) is 0 Å². The fourth-order valence-corrected chi connectivity index (χ4v) is 7.04. The zero-order chi connectivity index (χ0) is 33.0. The Kier molecular flexibility index (Phi) is 6.42. The summed E-state index contributed by atoms with van der Waals surface area (Å²) >= 11 is 0. The van der Waals surface area contributed by atoms with Crippen molar-refractivity contribution in [3.8, 4) is 51.0 Å². The highest BCUT2D eigenvalue weighted by molar-refractivity contribution is 6.10. The average molecular weight is 641 g/mol. The van der Waals surface area contributed by atoms with E-state index in [2.05, 4.69) is 132 Å². The summed E-state index contributed by atoms with van der Waals surface area (Å²) in [5, 5.41) is 4.42. The highest BCUT2D eigenvalue weighted by Gasteiger charge is 2.17.